The van der Waals surface area contributed by atoms with Gasteiger partial charge in [0.15, 0.2) is 0 Å². The van der Waals surface area contributed by atoms with Crippen LogP contribution in [0.2, 0.25) is 13.1 Å². The number of anilines is 3. The predicted molar refractivity (Wildman–Crippen MR) is 152 cm³/mol. The number of nitrogens with one attached hydrogen (secondary N) is 1. The van der Waals surface area contributed by atoms with Gasteiger partial charge in [-0.1, -0.05) is 80.7 Å². The third-order valence-electron chi connectivity index (χ3n) is 7.63. The van der Waals surface area contributed by atoms with E-state index in [1.54, 1.807) is 6.20 Å². The summed E-state index contributed by atoms with van der Waals surface area (Å²) in [6.45, 7) is 9.40. The van der Waals surface area contributed by atoms with Crippen molar-refractivity contribution in [3.63, 3.8) is 0 Å². The van der Waals surface area contributed by atoms with Gasteiger partial charge in [0.2, 0.25) is 0 Å². The Kier molecular flexibility index (Phi) is 5.20. The minimum absolute atomic E-state index is 0.121. The van der Waals surface area contributed by atoms with Crippen LogP contribution in [0, 0.1) is 0 Å². The van der Waals surface area contributed by atoms with Crippen molar-refractivity contribution in [2.45, 2.75) is 32.4 Å². The maximum absolute atomic E-state index is 4.74. The Bertz CT molecular complexity index is 1540. The quantitative estimate of drug-likeness (QED) is 0.299. The summed E-state index contributed by atoms with van der Waals surface area (Å²) in [6, 6.07) is 30.8. The average molecular weight is 487 g/mol. The maximum atomic E-state index is 4.74. The molecule has 6 rings (SSSR count). The number of aromatic nitrogens is 3. The van der Waals surface area contributed by atoms with E-state index < -0.39 is 8.07 Å². The molecule has 4 nitrogen and oxygen atoms in total. The standard InChI is InChI=1S/C31H30N4Si/c1-31(2)25-12-5-6-13-27(25)35(28-20-22(15-16-26(28)31)30-33-18-19-34-30)23-10-9-11-24(21-23)36(3,4)29-14-7-8-17-32-29/h5-21H,1-4H3,(H,33,34). The lowest BCUT2D eigenvalue weighted by Gasteiger charge is -2.42. The molecule has 1 aliphatic heterocycles. The van der Waals surface area contributed by atoms with Crippen LogP contribution in [-0.4, -0.2) is 23.0 Å². The van der Waals surface area contributed by atoms with Crippen LogP contribution >= 0.6 is 0 Å². The van der Waals surface area contributed by atoms with Crippen LogP contribution in [0.15, 0.2) is 104 Å². The third kappa shape index (κ3) is 3.50. The van der Waals surface area contributed by atoms with Gasteiger partial charge in [-0.15, -0.1) is 0 Å². The van der Waals surface area contributed by atoms with Gasteiger partial charge in [-0.3, -0.25) is 4.98 Å². The van der Waals surface area contributed by atoms with Crippen LogP contribution in [0.1, 0.15) is 25.0 Å². The van der Waals surface area contributed by atoms with Crippen LogP contribution < -0.4 is 15.4 Å². The molecule has 0 spiro atoms. The first-order valence-corrected chi connectivity index (χ1v) is 15.4. The number of hydrogen-bond donors (Lipinski definition) is 1. The van der Waals surface area contributed by atoms with E-state index in [1.165, 1.54) is 38.7 Å². The fourth-order valence-electron chi connectivity index (χ4n) is 5.48. The highest BCUT2D eigenvalue weighted by molar-refractivity contribution is 7.00. The normalized spacial score (nSPS) is 14.3. The number of imidazole rings is 1. The highest BCUT2D eigenvalue weighted by atomic mass is 28.3. The molecule has 1 aliphatic rings. The van der Waals surface area contributed by atoms with Gasteiger partial charge in [0, 0.05) is 40.6 Å². The third-order valence-corrected chi connectivity index (χ3v) is 11.0. The molecule has 5 aromatic rings. The molecule has 0 bridgehead atoms. The van der Waals surface area contributed by atoms with Crippen molar-refractivity contribution in [2.24, 2.45) is 0 Å². The summed E-state index contributed by atoms with van der Waals surface area (Å²) < 4.78 is 0. The Morgan fingerprint density at radius 3 is 2.33 bits per heavy atom. The first-order chi connectivity index (χ1) is 17.4. The van der Waals surface area contributed by atoms with E-state index in [9.17, 15) is 0 Å². The first-order valence-electron chi connectivity index (χ1n) is 12.4. The summed E-state index contributed by atoms with van der Waals surface area (Å²) in [6.07, 6.45) is 5.59. The van der Waals surface area contributed by atoms with Crippen LogP contribution in [0.25, 0.3) is 11.4 Å². The SMILES string of the molecule is CC1(C)c2ccccc2N(c2cccc([Si](C)(C)c3ccccn3)c2)c2cc(-c3ncc[nH]3)ccc21. The van der Waals surface area contributed by atoms with E-state index >= 15 is 0 Å². The Hall–Kier alpha value is -3.96. The molecule has 178 valence electrons. The molecule has 0 amide bonds. The summed E-state index contributed by atoms with van der Waals surface area (Å²) >= 11 is 0. The van der Waals surface area contributed by atoms with Crippen LogP contribution in [0.3, 0.4) is 0 Å². The molecule has 0 aliphatic carbocycles. The van der Waals surface area contributed by atoms with E-state index in [-0.39, 0.29) is 5.41 Å². The van der Waals surface area contributed by atoms with Gasteiger partial charge in [0.1, 0.15) is 13.9 Å². The zero-order chi connectivity index (χ0) is 24.9. The highest BCUT2D eigenvalue weighted by Crippen LogP contribution is 2.52. The number of rotatable bonds is 4. The monoisotopic (exact) mass is 486 g/mol. The zero-order valence-corrected chi connectivity index (χ0v) is 22.2. The Balaban J connectivity index is 1.56. The highest BCUT2D eigenvalue weighted by Gasteiger charge is 2.37. The molecule has 2 aromatic heterocycles. The molecule has 0 saturated carbocycles. The van der Waals surface area contributed by atoms with Gasteiger partial charge in [-0.2, -0.15) is 0 Å². The number of fused-ring (bicyclic) bond motifs is 2. The van der Waals surface area contributed by atoms with Gasteiger partial charge in [-0.05, 0) is 47.5 Å². The maximum Gasteiger partial charge on any atom is 0.137 e. The Morgan fingerprint density at radius 1 is 0.750 bits per heavy atom. The molecule has 0 saturated heterocycles. The number of pyridine rings is 1. The molecule has 0 fully saturated rings. The topological polar surface area (TPSA) is 44.8 Å². The molecule has 0 radical (unpaired) electrons. The average Bonchev–Trinajstić information content (AvgIpc) is 3.45. The summed E-state index contributed by atoms with van der Waals surface area (Å²) in [7, 11) is -1.97. The van der Waals surface area contributed by atoms with E-state index in [4.69, 9.17) is 4.98 Å². The second kappa shape index (κ2) is 8.31. The summed E-state index contributed by atoms with van der Waals surface area (Å²) in [4.78, 5) is 15.0. The number of hydrogen-bond acceptors (Lipinski definition) is 3. The minimum Gasteiger partial charge on any atom is -0.345 e. The van der Waals surface area contributed by atoms with Crippen LogP contribution in [-0.2, 0) is 5.41 Å². The predicted octanol–water partition coefficient (Wildman–Crippen LogP) is 6.40. The first kappa shape index (κ1) is 22.5. The molecule has 0 unspecified atom stereocenters. The molecular weight excluding hydrogens is 456 g/mol. The van der Waals surface area contributed by atoms with E-state index in [1.807, 2.05) is 18.5 Å². The molecular formula is C31H30N4Si. The van der Waals surface area contributed by atoms with Gasteiger partial charge in [-0.25, -0.2) is 4.98 Å². The second-order valence-electron chi connectivity index (χ2n) is 10.5. The molecule has 1 N–H and O–H groups in total. The molecule has 3 aromatic carbocycles. The smallest absolute Gasteiger partial charge is 0.137 e. The summed E-state index contributed by atoms with van der Waals surface area (Å²) in [5.41, 5.74) is 7.19. The van der Waals surface area contributed by atoms with Gasteiger partial charge < -0.3 is 9.88 Å². The number of para-hydroxylation sites is 1. The van der Waals surface area contributed by atoms with E-state index in [0.29, 0.717) is 0 Å². The molecule has 3 heterocycles. The largest absolute Gasteiger partial charge is 0.345 e. The minimum atomic E-state index is -1.97. The Morgan fingerprint density at radius 2 is 1.56 bits per heavy atom. The fourth-order valence-corrected chi connectivity index (χ4v) is 7.71. The summed E-state index contributed by atoms with van der Waals surface area (Å²) in [5, 5.41) is 2.56. The van der Waals surface area contributed by atoms with Gasteiger partial charge >= 0.3 is 0 Å². The lowest BCUT2D eigenvalue weighted by Crippen LogP contribution is -2.54. The molecule has 0 atom stereocenters. The second-order valence-corrected chi connectivity index (χ2v) is 14.9. The van der Waals surface area contributed by atoms with Gasteiger partial charge in [0.25, 0.3) is 0 Å². The van der Waals surface area contributed by atoms with Crippen molar-refractivity contribution >= 4 is 35.6 Å². The summed E-state index contributed by atoms with van der Waals surface area (Å²) in [5.74, 6) is 0.881. The fraction of sp³-hybridized carbons (Fsp3) is 0.161. The van der Waals surface area contributed by atoms with Crippen molar-refractivity contribution in [2.75, 3.05) is 4.90 Å². The Labute approximate surface area is 213 Å². The number of aromatic amines is 1. The van der Waals surface area contributed by atoms with Gasteiger partial charge in [0.05, 0.1) is 11.4 Å². The van der Waals surface area contributed by atoms with Crippen molar-refractivity contribution in [1.29, 1.82) is 0 Å². The van der Waals surface area contributed by atoms with Crippen molar-refractivity contribution in [3.05, 3.63) is 115 Å². The number of H-pyrrole nitrogens is 1. The van der Waals surface area contributed by atoms with Crippen molar-refractivity contribution in [1.82, 2.24) is 15.0 Å². The molecule has 36 heavy (non-hydrogen) atoms. The van der Waals surface area contributed by atoms with Crippen LogP contribution in [0.5, 0.6) is 0 Å². The lowest BCUT2D eigenvalue weighted by molar-refractivity contribution is 0.632. The zero-order valence-electron chi connectivity index (χ0n) is 21.2. The van der Waals surface area contributed by atoms with Crippen molar-refractivity contribution in [3.8, 4) is 11.4 Å². The van der Waals surface area contributed by atoms with Crippen molar-refractivity contribution < 1.29 is 0 Å². The number of benzene rings is 3. The molecule has 5 heteroatoms. The van der Waals surface area contributed by atoms with Crippen LogP contribution in [0.4, 0.5) is 17.1 Å². The lowest BCUT2D eigenvalue weighted by atomic mass is 9.73. The van der Waals surface area contributed by atoms with E-state index in [0.717, 1.165) is 11.4 Å². The number of nitrogens with zero attached hydrogens (tertiary/aromatic N) is 3. The van der Waals surface area contributed by atoms with E-state index in [2.05, 4.69) is 121 Å².